The number of halogens is 6. The molecule has 0 aromatic carbocycles. The van der Waals surface area contributed by atoms with Crippen molar-refractivity contribution in [3.8, 4) is 0 Å². The first-order chi connectivity index (χ1) is 6.73. The molecular formula is C7H4ClF5N2. The number of rotatable bonds is 1. The van der Waals surface area contributed by atoms with Crippen LogP contribution in [0.15, 0.2) is 6.07 Å². The molecular weight excluding hydrogens is 243 g/mol. The van der Waals surface area contributed by atoms with Gasteiger partial charge in [0.2, 0.25) is 0 Å². The molecule has 0 amide bonds. The Bertz CT molecular complexity index is 376. The molecule has 0 aliphatic rings. The third kappa shape index (κ3) is 2.47. The molecule has 15 heavy (non-hydrogen) atoms. The predicted octanol–water partition coefficient (Wildman–Crippen LogP) is 3.27. The van der Waals surface area contributed by atoms with Crippen LogP contribution in [-0.2, 0) is 6.18 Å². The lowest BCUT2D eigenvalue weighted by Crippen LogP contribution is -2.10. The average Bonchev–Trinajstić information content (AvgIpc) is 2.06. The fourth-order valence-corrected chi connectivity index (χ4v) is 1.09. The minimum atomic E-state index is -4.84. The van der Waals surface area contributed by atoms with Gasteiger partial charge in [-0.3, -0.25) is 0 Å². The van der Waals surface area contributed by atoms with Crippen molar-refractivity contribution in [2.75, 3.05) is 5.73 Å². The second-order valence-electron chi connectivity index (χ2n) is 2.59. The van der Waals surface area contributed by atoms with E-state index in [0.717, 1.165) is 0 Å². The summed E-state index contributed by atoms with van der Waals surface area (Å²) in [6.07, 6.45) is -7.97. The topological polar surface area (TPSA) is 38.9 Å². The summed E-state index contributed by atoms with van der Waals surface area (Å²) in [6, 6.07) is 0.184. The van der Waals surface area contributed by atoms with Crippen LogP contribution in [0.3, 0.4) is 0 Å². The fourth-order valence-electron chi connectivity index (χ4n) is 0.888. The molecule has 0 aliphatic carbocycles. The van der Waals surface area contributed by atoms with E-state index in [1.807, 2.05) is 0 Å². The maximum absolute atomic E-state index is 12.3. The molecule has 2 nitrogen and oxygen atoms in total. The van der Waals surface area contributed by atoms with Gasteiger partial charge in [-0.05, 0) is 6.07 Å². The third-order valence-electron chi connectivity index (χ3n) is 1.53. The first kappa shape index (κ1) is 12.0. The highest BCUT2D eigenvalue weighted by molar-refractivity contribution is 6.33. The zero-order valence-electron chi connectivity index (χ0n) is 6.95. The second kappa shape index (κ2) is 3.80. The highest BCUT2D eigenvalue weighted by Crippen LogP contribution is 2.38. The predicted molar refractivity (Wildman–Crippen MR) is 43.6 cm³/mol. The Labute approximate surface area is 85.9 Å². The molecule has 8 heteroatoms. The van der Waals surface area contributed by atoms with Crippen LogP contribution in [0.2, 0.25) is 5.02 Å². The maximum Gasteiger partial charge on any atom is 0.418 e. The quantitative estimate of drug-likeness (QED) is 0.773. The average molecular weight is 247 g/mol. The monoisotopic (exact) mass is 246 g/mol. The lowest BCUT2D eigenvalue weighted by Gasteiger charge is -2.11. The zero-order valence-corrected chi connectivity index (χ0v) is 7.70. The molecule has 1 heterocycles. The summed E-state index contributed by atoms with van der Waals surface area (Å²) in [5.41, 5.74) is 2.52. The van der Waals surface area contributed by atoms with Crippen LogP contribution in [0.1, 0.15) is 17.7 Å². The van der Waals surface area contributed by atoms with E-state index in [0.29, 0.717) is 0 Å². The Morgan fingerprint density at radius 3 is 2.27 bits per heavy atom. The number of hydrogen-bond acceptors (Lipinski definition) is 2. The lowest BCUT2D eigenvalue weighted by molar-refractivity contribution is -0.137. The van der Waals surface area contributed by atoms with Crippen LogP contribution in [0, 0.1) is 0 Å². The fraction of sp³-hybridized carbons (Fsp3) is 0.286. The molecule has 0 unspecified atom stereocenters. The standard InChI is InChI=1S/C7H4ClF5N2/c8-4-2(7(11,12)13)1-3(5(9)10)15-6(4)14/h1,5H,(H2,14,15). The number of anilines is 1. The number of nitrogen functional groups attached to an aromatic ring is 1. The van der Waals surface area contributed by atoms with Crippen LogP contribution in [0.25, 0.3) is 0 Å². The van der Waals surface area contributed by atoms with Crippen LogP contribution in [-0.4, -0.2) is 4.98 Å². The maximum atomic E-state index is 12.3. The van der Waals surface area contributed by atoms with Crippen molar-refractivity contribution in [3.05, 3.63) is 22.3 Å². The number of pyridine rings is 1. The molecule has 0 radical (unpaired) electrons. The molecule has 0 saturated carbocycles. The lowest BCUT2D eigenvalue weighted by atomic mass is 10.2. The van der Waals surface area contributed by atoms with Gasteiger partial charge in [-0.15, -0.1) is 0 Å². The summed E-state index contributed by atoms with van der Waals surface area (Å²) in [5.74, 6) is -0.762. The Balaban J connectivity index is 3.38. The van der Waals surface area contributed by atoms with Crippen molar-refractivity contribution in [1.29, 1.82) is 0 Å². The third-order valence-corrected chi connectivity index (χ3v) is 1.93. The summed E-state index contributed by atoms with van der Waals surface area (Å²) in [4.78, 5) is 3.04. The van der Waals surface area contributed by atoms with Gasteiger partial charge in [0, 0.05) is 0 Å². The second-order valence-corrected chi connectivity index (χ2v) is 2.97. The van der Waals surface area contributed by atoms with Crippen molar-refractivity contribution in [2.24, 2.45) is 0 Å². The van der Waals surface area contributed by atoms with E-state index in [4.69, 9.17) is 17.3 Å². The Kier molecular flexibility index (Phi) is 3.03. The zero-order chi connectivity index (χ0) is 11.8. The van der Waals surface area contributed by atoms with Crippen molar-refractivity contribution in [2.45, 2.75) is 12.6 Å². The number of hydrogen-bond donors (Lipinski definition) is 1. The van der Waals surface area contributed by atoms with Gasteiger partial charge in [0.25, 0.3) is 6.43 Å². The minimum Gasteiger partial charge on any atom is -0.382 e. The smallest absolute Gasteiger partial charge is 0.382 e. The van der Waals surface area contributed by atoms with Crippen LogP contribution >= 0.6 is 11.6 Å². The van der Waals surface area contributed by atoms with E-state index in [9.17, 15) is 22.0 Å². The van der Waals surface area contributed by atoms with E-state index in [2.05, 4.69) is 4.98 Å². The highest BCUT2D eigenvalue weighted by atomic mass is 35.5. The SMILES string of the molecule is Nc1nc(C(F)F)cc(C(F)(F)F)c1Cl. The van der Waals surface area contributed by atoms with Gasteiger partial charge >= 0.3 is 6.18 Å². The molecule has 0 bridgehead atoms. The van der Waals surface area contributed by atoms with Crippen molar-refractivity contribution in [3.63, 3.8) is 0 Å². The summed E-state index contributed by atoms with van der Waals surface area (Å²) in [7, 11) is 0. The Hall–Kier alpha value is -1.11. The van der Waals surface area contributed by atoms with Crippen molar-refractivity contribution < 1.29 is 22.0 Å². The van der Waals surface area contributed by atoms with Crippen LogP contribution in [0.5, 0.6) is 0 Å². The van der Waals surface area contributed by atoms with Gasteiger partial charge in [0.1, 0.15) is 11.5 Å². The van der Waals surface area contributed by atoms with E-state index in [-0.39, 0.29) is 6.07 Å². The summed E-state index contributed by atoms with van der Waals surface area (Å²) < 4.78 is 61.0. The molecule has 0 saturated heterocycles. The molecule has 0 fully saturated rings. The summed E-state index contributed by atoms with van der Waals surface area (Å²) >= 11 is 5.20. The number of aromatic nitrogens is 1. The largest absolute Gasteiger partial charge is 0.418 e. The van der Waals surface area contributed by atoms with Gasteiger partial charge < -0.3 is 5.73 Å². The molecule has 0 aliphatic heterocycles. The number of nitrogens with two attached hydrogens (primary N) is 1. The molecule has 0 spiro atoms. The first-order valence-electron chi connectivity index (χ1n) is 3.54. The van der Waals surface area contributed by atoms with E-state index < -0.39 is 34.7 Å². The normalized spacial score (nSPS) is 12.2. The minimum absolute atomic E-state index is 0.184. The summed E-state index contributed by atoms with van der Waals surface area (Å²) in [5, 5.41) is -0.869. The molecule has 1 aromatic rings. The number of alkyl halides is 5. The molecule has 1 aromatic heterocycles. The van der Waals surface area contributed by atoms with Crippen LogP contribution in [0.4, 0.5) is 27.8 Å². The highest BCUT2D eigenvalue weighted by Gasteiger charge is 2.35. The number of nitrogens with zero attached hydrogens (tertiary/aromatic N) is 1. The molecule has 2 N–H and O–H groups in total. The van der Waals surface area contributed by atoms with Crippen LogP contribution < -0.4 is 5.73 Å². The molecule has 84 valence electrons. The summed E-state index contributed by atoms with van der Waals surface area (Å²) in [6.45, 7) is 0. The van der Waals surface area contributed by atoms with E-state index >= 15 is 0 Å². The van der Waals surface area contributed by atoms with Crippen molar-refractivity contribution in [1.82, 2.24) is 4.98 Å². The first-order valence-corrected chi connectivity index (χ1v) is 3.92. The Morgan fingerprint density at radius 2 is 1.87 bits per heavy atom. The van der Waals surface area contributed by atoms with Crippen molar-refractivity contribution >= 4 is 17.4 Å². The van der Waals surface area contributed by atoms with E-state index in [1.165, 1.54) is 0 Å². The van der Waals surface area contributed by atoms with Gasteiger partial charge in [-0.1, -0.05) is 11.6 Å². The van der Waals surface area contributed by atoms with Gasteiger partial charge in [-0.25, -0.2) is 13.8 Å². The van der Waals surface area contributed by atoms with Gasteiger partial charge in [-0.2, -0.15) is 13.2 Å². The van der Waals surface area contributed by atoms with Gasteiger partial charge in [0.15, 0.2) is 0 Å². The van der Waals surface area contributed by atoms with E-state index in [1.54, 1.807) is 0 Å². The molecule has 1 rings (SSSR count). The Morgan fingerprint density at radius 1 is 1.33 bits per heavy atom. The van der Waals surface area contributed by atoms with Gasteiger partial charge in [0.05, 0.1) is 10.6 Å². The molecule has 0 atom stereocenters.